The SMILES string of the molecule is COC(=O)c1csc2c(C(F)(F)F)cc(N3CCC(OC(=O)N[C@@H](C)C(F)F)CC3)nc12. The smallest absolute Gasteiger partial charge is 0.417 e. The lowest BCUT2D eigenvalue weighted by Gasteiger charge is -2.33. The Morgan fingerprint density at radius 3 is 2.50 bits per heavy atom. The summed E-state index contributed by atoms with van der Waals surface area (Å²) in [5.74, 6) is -0.757. The molecule has 1 atom stereocenters. The number of alkyl halides is 5. The van der Waals surface area contributed by atoms with Gasteiger partial charge in [0.05, 0.1) is 34.5 Å². The number of rotatable bonds is 5. The molecule has 7 nitrogen and oxygen atoms in total. The largest absolute Gasteiger partial charge is 0.465 e. The first-order valence-corrected chi connectivity index (χ1v) is 10.5. The second-order valence-corrected chi connectivity index (χ2v) is 8.08. The minimum Gasteiger partial charge on any atom is -0.465 e. The van der Waals surface area contributed by atoms with Gasteiger partial charge in [-0.15, -0.1) is 11.3 Å². The van der Waals surface area contributed by atoms with Gasteiger partial charge in [0.15, 0.2) is 0 Å². The van der Waals surface area contributed by atoms with Crippen LogP contribution in [0.1, 0.15) is 35.7 Å². The van der Waals surface area contributed by atoms with Gasteiger partial charge in [0.1, 0.15) is 11.9 Å². The van der Waals surface area contributed by atoms with Crippen LogP contribution in [0.2, 0.25) is 0 Å². The Hall–Kier alpha value is -2.70. The molecule has 0 unspecified atom stereocenters. The molecule has 176 valence electrons. The number of anilines is 1. The second kappa shape index (κ2) is 9.43. The van der Waals surface area contributed by atoms with Crippen LogP contribution in [0.15, 0.2) is 11.4 Å². The van der Waals surface area contributed by atoms with Crippen LogP contribution in [-0.2, 0) is 15.7 Å². The van der Waals surface area contributed by atoms with Crippen molar-refractivity contribution in [1.82, 2.24) is 10.3 Å². The van der Waals surface area contributed by atoms with E-state index in [0.29, 0.717) is 0 Å². The maximum atomic E-state index is 13.7. The number of piperidine rings is 1. The molecular weight excluding hydrogens is 461 g/mol. The van der Waals surface area contributed by atoms with Crippen molar-refractivity contribution in [3.8, 4) is 0 Å². The molecular formula is C19H20F5N3O4S. The van der Waals surface area contributed by atoms with Crippen molar-refractivity contribution in [3.05, 3.63) is 22.6 Å². The lowest BCUT2D eigenvalue weighted by molar-refractivity contribution is -0.136. The fraction of sp³-hybridized carbons (Fsp3) is 0.526. The van der Waals surface area contributed by atoms with E-state index in [1.807, 2.05) is 5.32 Å². The lowest BCUT2D eigenvalue weighted by Crippen LogP contribution is -2.43. The molecule has 0 radical (unpaired) electrons. The van der Waals surface area contributed by atoms with Crippen molar-refractivity contribution < 1.29 is 41.0 Å². The van der Waals surface area contributed by atoms with Gasteiger partial charge < -0.3 is 19.7 Å². The van der Waals surface area contributed by atoms with Gasteiger partial charge >= 0.3 is 18.2 Å². The zero-order valence-electron chi connectivity index (χ0n) is 17.0. The van der Waals surface area contributed by atoms with Gasteiger partial charge in [0, 0.05) is 31.3 Å². The molecule has 1 aliphatic rings. The monoisotopic (exact) mass is 481 g/mol. The minimum atomic E-state index is -4.66. The highest BCUT2D eigenvalue weighted by Crippen LogP contribution is 2.40. The van der Waals surface area contributed by atoms with Gasteiger partial charge in [-0.05, 0) is 13.0 Å². The molecule has 0 bridgehead atoms. The van der Waals surface area contributed by atoms with Crippen LogP contribution >= 0.6 is 11.3 Å². The summed E-state index contributed by atoms with van der Waals surface area (Å²) < 4.78 is 75.6. The molecule has 1 amide bonds. The number of carbonyl (C=O) groups excluding carboxylic acids is 2. The number of carbonyl (C=O) groups is 2. The molecule has 1 saturated heterocycles. The molecule has 3 heterocycles. The standard InChI is InChI=1S/C19H20F5N3O4S/c1-9(16(20)21)25-18(29)31-10-3-5-27(6-4-10)13-7-12(19(22,23)24)15-14(26-13)11(8-32-15)17(28)30-2/h7-10,16H,3-6H2,1-2H3,(H,25,29)/t9-/m0/s1. The topological polar surface area (TPSA) is 80.8 Å². The van der Waals surface area contributed by atoms with E-state index in [1.54, 1.807) is 4.90 Å². The summed E-state index contributed by atoms with van der Waals surface area (Å²) in [6, 6.07) is -0.438. The van der Waals surface area contributed by atoms with E-state index < -0.39 is 42.4 Å². The summed E-state index contributed by atoms with van der Waals surface area (Å²) in [6.45, 7) is 1.58. The molecule has 2 aromatic heterocycles. The Morgan fingerprint density at radius 2 is 1.94 bits per heavy atom. The Balaban J connectivity index is 1.77. The second-order valence-electron chi connectivity index (χ2n) is 7.20. The number of methoxy groups -OCH3 is 1. The average Bonchev–Trinajstić information content (AvgIpc) is 3.16. The summed E-state index contributed by atoms with van der Waals surface area (Å²) in [4.78, 5) is 29.5. The highest BCUT2D eigenvalue weighted by molar-refractivity contribution is 7.17. The van der Waals surface area contributed by atoms with E-state index >= 15 is 0 Å². The molecule has 1 N–H and O–H groups in total. The number of pyridine rings is 1. The van der Waals surface area contributed by atoms with Gasteiger partial charge in [-0.2, -0.15) is 13.2 Å². The number of hydrogen-bond donors (Lipinski definition) is 1. The summed E-state index contributed by atoms with van der Waals surface area (Å²) in [7, 11) is 1.13. The van der Waals surface area contributed by atoms with Gasteiger partial charge in [0.25, 0.3) is 6.43 Å². The third kappa shape index (κ3) is 5.19. The number of nitrogens with zero attached hydrogens (tertiary/aromatic N) is 2. The number of ether oxygens (including phenoxy) is 2. The van der Waals surface area contributed by atoms with Gasteiger partial charge in [0.2, 0.25) is 0 Å². The predicted octanol–water partition coefficient (Wildman–Crippen LogP) is 4.45. The zero-order valence-corrected chi connectivity index (χ0v) is 17.9. The maximum Gasteiger partial charge on any atom is 0.417 e. The van der Waals surface area contributed by atoms with E-state index in [0.717, 1.165) is 31.4 Å². The van der Waals surface area contributed by atoms with Crippen molar-refractivity contribution >= 4 is 39.4 Å². The van der Waals surface area contributed by atoms with Crippen LogP contribution in [0, 0.1) is 0 Å². The summed E-state index contributed by atoms with van der Waals surface area (Å²) >= 11 is 0.761. The number of aromatic nitrogens is 1. The van der Waals surface area contributed by atoms with E-state index in [9.17, 15) is 31.5 Å². The number of fused-ring (bicyclic) bond motifs is 1. The Labute approximate surface area is 183 Å². The molecule has 2 aromatic rings. The predicted molar refractivity (Wildman–Crippen MR) is 106 cm³/mol. The summed E-state index contributed by atoms with van der Waals surface area (Å²) in [5, 5.41) is 3.31. The number of hydrogen-bond acceptors (Lipinski definition) is 7. The number of alkyl carbamates (subject to hydrolysis) is 1. The van der Waals surface area contributed by atoms with E-state index in [-0.39, 0.29) is 47.5 Å². The molecule has 0 aliphatic carbocycles. The van der Waals surface area contributed by atoms with Crippen LogP contribution in [0.5, 0.6) is 0 Å². The summed E-state index contributed by atoms with van der Waals surface area (Å²) in [6.07, 6.45) is -8.41. The van der Waals surface area contributed by atoms with Crippen molar-refractivity contribution in [3.63, 3.8) is 0 Å². The zero-order chi connectivity index (χ0) is 23.6. The maximum absolute atomic E-state index is 13.7. The third-order valence-electron chi connectivity index (χ3n) is 4.98. The quantitative estimate of drug-likeness (QED) is 0.502. The number of amides is 1. The summed E-state index contributed by atoms with van der Waals surface area (Å²) in [5.41, 5.74) is -1.05. The van der Waals surface area contributed by atoms with Crippen LogP contribution in [0.4, 0.5) is 32.6 Å². The number of halogens is 5. The molecule has 32 heavy (non-hydrogen) atoms. The number of nitrogens with one attached hydrogen (secondary N) is 1. The molecule has 0 aromatic carbocycles. The molecule has 1 fully saturated rings. The van der Waals surface area contributed by atoms with E-state index in [2.05, 4.69) is 9.72 Å². The van der Waals surface area contributed by atoms with Crippen LogP contribution in [0.3, 0.4) is 0 Å². The van der Waals surface area contributed by atoms with Crippen LogP contribution in [-0.4, -0.2) is 55.8 Å². The highest BCUT2D eigenvalue weighted by atomic mass is 32.1. The molecule has 0 spiro atoms. The Morgan fingerprint density at radius 1 is 1.28 bits per heavy atom. The first kappa shape index (κ1) is 24.0. The van der Waals surface area contributed by atoms with Gasteiger partial charge in [-0.25, -0.2) is 23.4 Å². The Kier molecular flexibility index (Phi) is 7.06. The fourth-order valence-corrected chi connectivity index (χ4v) is 4.27. The average molecular weight is 481 g/mol. The molecule has 0 saturated carbocycles. The Bertz CT molecular complexity index is 989. The third-order valence-corrected chi connectivity index (χ3v) is 5.99. The fourth-order valence-electron chi connectivity index (χ4n) is 3.26. The van der Waals surface area contributed by atoms with Gasteiger partial charge in [-0.3, -0.25) is 0 Å². The number of thiophene rings is 1. The highest BCUT2D eigenvalue weighted by Gasteiger charge is 2.36. The first-order valence-electron chi connectivity index (χ1n) is 9.59. The van der Waals surface area contributed by atoms with E-state index in [1.165, 1.54) is 5.38 Å². The normalized spacial score (nSPS) is 16.3. The van der Waals surface area contributed by atoms with Crippen molar-refractivity contribution in [2.75, 3.05) is 25.1 Å². The molecule has 3 rings (SSSR count). The first-order chi connectivity index (χ1) is 15.0. The van der Waals surface area contributed by atoms with Crippen molar-refractivity contribution in [2.24, 2.45) is 0 Å². The molecule has 13 heteroatoms. The van der Waals surface area contributed by atoms with E-state index in [4.69, 9.17) is 4.74 Å². The van der Waals surface area contributed by atoms with Crippen molar-refractivity contribution in [1.29, 1.82) is 0 Å². The van der Waals surface area contributed by atoms with Crippen LogP contribution in [0.25, 0.3) is 10.2 Å². The van der Waals surface area contributed by atoms with Crippen LogP contribution < -0.4 is 10.2 Å². The van der Waals surface area contributed by atoms with Crippen molar-refractivity contribution in [2.45, 2.75) is 44.5 Å². The molecule has 1 aliphatic heterocycles. The minimum absolute atomic E-state index is 0.0302. The van der Waals surface area contributed by atoms with Gasteiger partial charge in [-0.1, -0.05) is 0 Å². The lowest BCUT2D eigenvalue weighted by atomic mass is 10.1. The number of esters is 1.